The Morgan fingerprint density at radius 2 is 2.07 bits per heavy atom. The molecule has 0 spiro atoms. The van der Waals surface area contributed by atoms with Gasteiger partial charge in [-0.1, -0.05) is 36.3 Å². The minimum Gasteiger partial charge on any atom is -0.377 e. The number of terminal acetylenes is 1. The van der Waals surface area contributed by atoms with E-state index in [1.54, 1.807) is 0 Å². The van der Waals surface area contributed by atoms with Gasteiger partial charge >= 0.3 is 0 Å². The first-order valence-electron chi connectivity index (χ1n) is 5.19. The molecule has 0 aromatic heterocycles. The van der Waals surface area contributed by atoms with Crippen molar-refractivity contribution in [3.63, 3.8) is 0 Å². The van der Waals surface area contributed by atoms with Crippen molar-refractivity contribution in [1.82, 2.24) is 5.32 Å². The highest BCUT2D eigenvalue weighted by Gasteiger charge is 1.91. The van der Waals surface area contributed by atoms with Crippen LogP contribution in [-0.2, 0) is 11.3 Å². The van der Waals surface area contributed by atoms with Crippen LogP contribution in [0.4, 0.5) is 0 Å². The molecule has 0 amide bonds. The summed E-state index contributed by atoms with van der Waals surface area (Å²) in [5.74, 6) is 2.53. The summed E-state index contributed by atoms with van der Waals surface area (Å²) >= 11 is 0. The summed E-state index contributed by atoms with van der Waals surface area (Å²) in [6.07, 6.45) is 6.10. The Labute approximate surface area is 91.6 Å². The van der Waals surface area contributed by atoms with Crippen molar-refractivity contribution in [2.75, 3.05) is 19.7 Å². The first-order valence-corrected chi connectivity index (χ1v) is 5.19. The van der Waals surface area contributed by atoms with E-state index in [9.17, 15) is 0 Å². The third-order valence-electron chi connectivity index (χ3n) is 1.98. The molecular weight excluding hydrogens is 186 g/mol. The first-order chi connectivity index (χ1) is 7.43. The maximum Gasteiger partial charge on any atom is 0.0716 e. The molecule has 0 aliphatic rings. The molecule has 0 saturated heterocycles. The summed E-state index contributed by atoms with van der Waals surface area (Å²) in [6, 6.07) is 10.2. The molecule has 2 heteroatoms. The van der Waals surface area contributed by atoms with Crippen molar-refractivity contribution in [1.29, 1.82) is 0 Å². The van der Waals surface area contributed by atoms with Crippen LogP contribution < -0.4 is 5.32 Å². The number of hydrogen-bond donors (Lipinski definition) is 1. The predicted molar refractivity (Wildman–Crippen MR) is 62.4 cm³/mol. The molecule has 15 heavy (non-hydrogen) atoms. The molecule has 0 aliphatic carbocycles. The maximum atomic E-state index is 5.51. The van der Waals surface area contributed by atoms with Gasteiger partial charge in [-0.2, -0.15) is 0 Å². The van der Waals surface area contributed by atoms with E-state index in [0.717, 1.165) is 19.6 Å². The quantitative estimate of drug-likeness (QED) is 0.539. The van der Waals surface area contributed by atoms with Crippen molar-refractivity contribution >= 4 is 0 Å². The third-order valence-corrected chi connectivity index (χ3v) is 1.98. The van der Waals surface area contributed by atoms with Crippen LogP contribution in [0.2, 0.25) is 0 Å². The molecule has 1 N–H and O–H groups in total. The van der Waals surface area contributed by atoms with Crippen molar-refractivity contribution in [2.24, 2.45) is 0 Å². The van der Waals surface area contributed by atoms with E-state index >= 15 is 0 Å². The van der Waals surface area contributed by atoms with E-state index in [1.807, 2.05) is 18.2 Å². The summed E-state index contributed by atoms with van der Waals surface area (Å²) in [4.78, 5) is 0. The lowest BCUT2D eigenvalue weighted by Gasteiger charge is -2.04. The molecule has 1 aromatic rings. The highest BCUT2D eigenvalue weighted by molar-refractivity contribution is 5.13. The Morgan fingerprint density at radius 3 is 2.80 bits per heavy atom. The van der Waals surface area contributed by atoms with Crippen LogP contribution in [0, 0.1) is 12.3 Å². The van der Waals surface area contributed by atoms with Gasteiger partial charge in [-0.25, -0.2) is 0 Å². The van der Waals surface area contributed by atoms with Gasteiger partial charge < -0.3 is 10.1 Å². The summed E-state index contributed by atoms with van der Waals surface area (Å²) in [7, 11) is 0. The molecule has 0 atom stereocenters. The van der Waals surface area contributed by atoms with E-state index in [2.05, 4.69) is 23.4 Å². The number of ether oxygens (including phenoxy) is 1. The maximum absolute atomic E-state index is 5.51. The Morgan fingerprint density at radius 1 is 1.27 bits per heavy atom. The van der Waals surface area contributed by atoms with Crippen molar-refractivity contribution < 1.29 is 4.74 Å². The molecule has 2 nitrogen and oxygen atoms in total. The summed E-state index contributed by atoms with van der Waals surface area (Å²) in [6.45, 7) is 3.01. The fourth-order valence-corrected chi connectivity index (χ4v) is 1.22. The van der Waals surface area contributed by atoms with Crippen molar-refractivity contribution in [3.05, 3.63) is 35.9 Å². The molecule has 0 aliphatic heterocycles. The molecule has 1 aromatic carbocycles. The Hall–Kier alpha value is -1.30. The predicted octanol–water partition coefficient (Wildman–Crippen LogP) is 1.82. The van der Waals surface area contributed by atoms with Crippen LogP contribution in [0.15, 0.2) is 30.3 Å². The van der Waals surface area contributed by atoms with E-state index in [0.29, 0.717) is 13.2 Å². The van der Waals surface area contributed by atoms with Gasteiger partial charge in [0.15, 0.2) is 0 Å². The number of benzene rings is 1. The lowest BCUT2D eigenvalue weighted by Crippen LogP contribution is -2.16. The molecule has 80 valence electrons. The second-order valence-corrected chi connectivity index (χ2v) is 3.27. The van der Waals surface area contributed by atoms with Gasteiger partial charge in [0.25, 0.3) is 0 Å². The standard InChI is InChI=1S/C13H17NO/c1-2-9-14-10-6-11-15-12-13-7-4-3-5-8-13/h1,3-5,7-8,14H,6,9-12H2. The van der Waals surface area contributed by atoms with Crippen LogP contribution in [0.25, 0.3) is 0 Å². The largest absolute Gasteiger partial charge is 0.377 e. The average Bonchev–Trinajstić information content (AvgIpc) is 2.29. The smallest absolute Gasteiger partial charge is 0.0716 e. The molecule has 0 saturated carbocycles. The van der Waals surface area contributed by atoms with Gasteiger partial charge in [-0.15, -0.1) is 6.42 Å². The molecule has 0 unspecified atom stereocenters. The molecule has 1 rings (SSSR count). The zero-order valence-corrected chi connectivity index (χ0v) is 8.91. The lowest BCUT2D eigenvalue weighted by atomic mass is 10.2. The molecule has 0 bridgehead atoms. The van der Waals surface area contributed by atoms with Gasteiger partial charge in [0, 0.05) is 6.61 Å². The average molecular weight is 203 g/mol. The third kappa shape index (κ3) is 5.90. The van der Waals surface area contributed by atoms with Crippen molar-refractivity contribution in [2.45, 2.75) is 13.0 Å². The second kappa shape index (κ2) is 8.05. The minimum atomic E-state index is 0.638. The van der Waals surface area contributed by atoms with E-state index in [4.69, 9.17) is 11.2 Å². The van der Waals surface area contributed by atoms with E-state index in [-0.39, 0.29) is 0 Å². The Bertz CT molecular complexity index is 289. The summed E-state index contributed by atoms with van der Waals surface area (Å²) in [5, 5.41) is 3.12. The number of nitrogens with one attached hydrogen (secondary N) is 1. The topological polar surface area (TPSA) is 21.3 Å². The van der Waals surface area contributed by atoms with Crippen LogP contribution in [0.1, 0.15) is 12.0 Å². The normalized spacial score (nSPS) is 9.80. The fourth-order valence-electron chi connectivity index (χ4n) is 1.22. The van der Waals surface area contributed by atoms with Gasteiger partial charge in [-0.3, -0.25) is 0 Å². The van der Waals surface area contributed by atoms with Gasteiger partial charge in [0.1, 0.15) is 0 Å². The Balaban J connectivity index is 1.96. The first kappa shape index (κ1) is 11.8. The fraction of sp³-hybridized carbons (Fsp3) is 0.385. The van der Waals surface area contributed by atoms with Crippen LogP contribution in [0.3, 0.4) is 0 Å². The van der Waals surface area contributed by atoms with E-state index < -0.39 is 0 Å². The SMILES string of the molecule is C#CCNCCCOCc1ccccc1. The number of rotatable bonds is 7. The van der Waals surface area contributed by atoms with E-state index in [1.165, 1.54) is 5.56 Å². The molecular formula is C13H17NO. The Kier molecular flexibility index (Phi) is 6.31. The van der Waals surface area contributed by atoms with Gasteiger partial charge in [-0.05, 0) is 18.5 Å². The monoisotopic (exact) mass is 203 g/mol. The van der Waals surface area contributed by atoms with Crippen LogP contribution in [-0.4, -0.2) is 19.7 Å². The molecule has 0 fully saturated rings. The van der Waals surface area contributed by atoms with Gasteiger partial charge in [0.2, 0.25) is 0 Å². The molecule has 0 radical (unpaired) electrons. The summed E-state index contributed by atoms with van der Waals surface area (Å²) < 4.78 is 5.51. The highest BCUT2D eigenvalue weighted by Crippen LogP contribution is 2.00. The highest BCUT2D eigenvalue weighted by atomic mass is 16.5. The second-order valence-electron chi connectivity index (χ2n) is 3.27. The lowest BCUT2D eigenvalue weighted by molar-refractivity contribution is 0.118. The van der Waals surface area contributed by atoms with Crippen LogP contribution >= 0.6 is 0 Å². The van der Waals surface area contributed by atoms with Crippen LogP contribution in [0.5, 0.6) is 0 Å². The number of hydrogen-bond acceptors (Lipinski definition) is 2. The summed E-state index contributed by atoms with van der Waals surface area (Å²) in [5.41, 5.74) is 1.22. The zero-order chi connectivity index (χ0) is 10.8. The zero-order valence-electron chi connectivity index (χ0n) is 8.91. The van der Waals surface area contributed by atoms with Crippen molar-refractivity contribution in [3.8, 4) is 12.3 Å². The van der Waals surface area contributed by atoms with Gasteiger partial charge in [0.05, 0.1) is 13.2 Å². The minimum absolute atomic E-state index is 0.638. The molecule has 0 heterocycles.